The van der Waals surface area contributed by atoms with Crippen LogP contribution in [0, 0.1) is 17.8 Å². The van der Waals surface area contributed by atoms with E-state index < -0.39 is 72.4 Å². The van der Waals surface area contributed by atoms with E-state index in [1.807, 2.05) is 135 Å². The Balaban J connectivity index is 1.34. The average Bonchev–Trinajstić information content (AvgIpc) is 3.54. The summed E-state index contributed by atoms with van der Waals surface area (Å²) in [7, 11) is 0. The maximum absolute atomic E-state index is 12.1. The van der Waals surface area contributed by atoms with Crippen LogP contribution in [0.5, 0.6) is 0 Å². The van der Waals surface area contributed by atoms with E-state index in [0.717, 1.165) is 22.3 Å². The minimum absolute atomic E-state index is 0.200. The van der Waals surface area contributed by atoms with Gasteiger partial charge in [0.15, 0.2) is 5.79 Å². The molecule has 7 rings (SSSR count). The van der Waals surface area contributed by atoms with Gasteiger partial charge in [0.1, 0.15) is 18.3 Å². The Morgan fingerprint density at radius 3 is 1.19 bits per heavy atom. The number of benzene rings is 4. The number of aliphatic hydroxyl groups is 3. The molecule has 1 aliphatic heterocycles. The topological polar surface area (TPSA) is 116 Å². The summed E-state index contributed by atoms with van der Waals surface area (Å²) in [5.41, 5.74) is 3.84. The van der Waals surface area contributed by atoms with Crippen molar-refractivity contribution in [2.75, 3.05) is 6.61 Å². The van der Waals surface area contributed by atoms with Crippen molar-refractivity contribution in [1.29, 1.82) is 0 Å². The van der Waals surface area contributed by atoms with Gasteiger partial charge in [-0.25, -0.2) is 0 Å². The zero-order valence-electron chi connectivity index (χ0n) is 29.7. The monoisotopic (exact) mass is 710 g/mol. The molecule has 0 bridgehead atoms. The predicted octanol–water partition coefficient (Wildman–Crippen LogP) is 5.44. The fourth-order valence-electron chi connectivity index (χ4n) is 8.26. The molecule has 276 valence electrons. The quantitative estimate of drug-likeness (QED) is 0.167. The van der Waals surface area contributed by atoms with E-state index in [4.69, 9.17) is 28.4 Å². The number of hydrogen-bond donors (Lipinski definition) is 3. The molecule has 52 heavy (non-hydrogen) atoms. The van der Waals surface area contributed by atoms with Gasteiger partial charge in [-0.05, 0) is 36.1 Å². The molecular formula is C43H50O9. The Bertz CT molecular complexity index is 1660. The number of ether oxygens (including phenoxy) is 6. The Hall–Kier alpha value is -3.48. The highest BCUT2D eigenvalue weighted by molar-refractivity contribution is 5.19. The zero-order chi connectivity index (χ0) is 36.1. The molecule has 0 spiro atoms. The number of fused-ring (bicyclic) bond motifs is 1. The van der Waals surface area contributed by atoms with Crippen molar-refractivity contribution in [3.8, 4) is 0 Å². The summed E-state index contributed by atoms with van der Waals surface area (Å²) in [4.78, 5) is 0. The summed E-state index contributed by atoms with van der Waals surface area (Å²) in [6, 6.07) is 39.5. The Morgan fingerprint density at radius 1 is 0.481 bits per heavy atom. The van der Waals surface area contributed by atoms with Gasteiger partial charge in [0, 0.05) is 17.8 Å². The maximum atomic E-state index is 12.1. The minimum Gasteiger partial charge on any atom is -0.390 e. The van der Waals surface area contributed by atoms with E-state index in [2.05, 4.69) is 0 Å². The maximum Gasteiger partial charge on any atom is 0.163 e. The van der Waals surface area contributed by atoms with Gasteiger partial charge in [0.05, 0.1) is 63.6 Å². The van der Waals surface area contributed by atoms with E-state index in [1.165, 1.54) is 0 Å². The van der Waals surface area contributed by atoms with Crippen molar-refractivity contribution >= 4 is 0 Å². The second-order valence-corrected chi connectivity index (χ2v) is 14.6. The minimum atomic E-state index is -1.48. The normalized spacial score (nSPS) is 32.7. The van der Waals surface area contributed by atoms with Crippen LogP contribution in [0.3, 0.4) is 0 Å². The van der Waals surface area contributed by atoms with Crippen molar-refractivity contribution in [3.05, 3.63) is 144 Å². The molecule has 0 radical (unpaired) electrons. The van der Waals surface area contributed by atoms with Gasteiger partial charge in [0.2, 0.25) is 0 Å². The van der Waals surface area contributed by atoms with E-state index in [9.17, 15) is 15.3 Å². The van der Waals surface area contributed by atoms with Gasteiger partial charge in [-0.1, -0.05) is 121 Å². The molecule has 3 N–H and O–H groups in total. The van der Waals surface area contributed by atoms with Crippen LogP contribution in [-0.2, 0) is 54.8 Å². The van der Waals surface area contributed by atoms with E-state index in [-0.39, 0.29) is 33.0 Å². The Labute approximate surface area is 306 Å². The van der Waals surface area contributed by atoms with Gasteiger partial charge in [-0.2, -0.15) is 0 Å². The molecule has 0 aromatic heterocycles. The van der Waals surface area contributed by atoms with Gasteiger partial charge < -0.3 is 43.7 Å². The van der Waals surface area contributed by atoms with Crippen LogP contribution < -0.4 is 0 Å². The third kappa shape index (κ3) is 8.34. The predicted molar refractivity (Wildman–Crippen MR) is 193 cm³/mol. The highest BCUT2D eigenvalue weighted by atomic mass is 16.7. The van der Waals surface area contributed by atoms with Gasteiger partial charge in [-0.15, -0.1) is 0 Å². The molecule has 0 amide bonds. The van der Waals surface area contributed by atoms with Crippen LogP contribution in [0.2, 0.25) is 0 Å². The van der Waals surface area contributed by atoms with Crippen LogP contribution in [0.4, 0.5) is 0 Å². The molecule has 1 saturated heterocycles. The molecule has 3 aliphatic rings. The molecule has 11 atom stereocenters. The lowest BCUT2D eigenvalue weighted by Gasteiger charge is -2.58. The first-order chi connectivity index (χ1) is 25.3. The highest BCUT2D eigenvalue weighted by Crippen LogP contribution is 2.51. The van der Waals surface area contributed by atoms with Crippen LogP contribution in [0.25, 0.3) is 0 Å². The first-order valence-corrected chi connectivity index (χ1v) is 18.3. The first-order valence-electron chi connectivity index (χ1n) is 18.3. The van der Waals surface area contributed by atoms with Gasteiger partial charge in [-0.3, -0.25) is 0 Å². The lowest BCUT2D eigenvalue weighted by molar-refractivity contribution is -0.304. The largest absolute Gasteiger partial charge is 0.390 e. The summed E-state index contributed by atoms with van der Waals surface area (Å²) in [5, 5.41) is 35.5. The first kappa shape index (κ1) is 36.9. The van der Waals surface area contributed by atoms with Crippen molar-refractivity contribution in [3.63, 3.8) is 0 Å². The van der Waals surface area contributed by atoms with Crippen molar-refractivity contribution in [1.82, 2.24) is 0 Å². The van der Waals surface area contributed by atoms with E-state index in [1.54, 1.807) is 0 Å². The summed E-state index contributed by atoms with van der Waals surface area (Å²) in [6.45, 7) is 4.86. The Kier molecular flexibility index (Phi) is 11.8. The van der Waals surface area contributed by atoms with Crippen LogP contribution in [0.15, 0.2) is 121 Å². The van der Waals surface area contributed by atoms with Crippen molar-refractivity contribution < 1.29 is 43.7 Å². The number of aliphatic hydroxyl groups excluding tert-OH is 3. The fraction of sp³-hybridized carbons (Fsp3) is 0.442. The summed E-state index contributed by atoms with van der Waals surface area (Å²) in [5.74, 6) is -2.94. The Morgan fingerprint density at radius 2 is 0.827 bits per heavy atom. The zero-order valence-corrected chi connectivity index (χ0v) is 29.7. The fourth-order valence-corrected chi connectivity index (χ4v) is 8.26. The summed E-state index contributed by atoms with van der Waals surface area (Å²) in [6.07, 6.45) is -7.75. The lowest BCUT2D eigenvalue weighted by atomic mass is 9.57. The van der Waals surface area contributed by atoms with Crippen LogP contribution >= 0.6 is 0 Å². The second kappa shape index (κ2) is 16.7. The van der Waals surface area contributed by atoms with E-state index >= 15 is 0 Å². The average molecular weight is 711 g/mol. The molecule has 3 fully saturated rings. The molecule has 4 aromatic rings. The standard InChI is InChI=1S/C43H50O9/c1-43(2)51-27-32(52-43)33-34-35(37(45)38(46)36(33)44)40(48-24-29-17-9-4-10-18-29)42(50-26-31-21-13-6-14-22-31)41(49-25-30-19-11-5-12-20-30)39(34)47-23-28-15-7-3-8-16-28/h3-22,32-42,44-46H,23-27H2,1-2H3/t32-,33-,34-,35-,36+,37+,38+,39-,40-,41+,42+/m1/s1. The third-order valence-electron chi connectivity index (χ3n) is 10.7. The van der Waals surface area contributed by atoms with Crippen molar-refractivity contribution in [2.45, 2.75) is 94.9 Å². The SMILES string of the molecule is CC1(C)OC[C@H]([C@H]2[C@H](O)[C@H](O)[C@@H](O)[C@@H]3[C@@H](OCc4ccccc4)[C@H](OCc4ccccc4)[C@@H](OCc4ccccc4)[C@H](OCc4ccccc4)[C@@H]32)O1. The summed E-state index contributed by atoms with van der Waals surface area (Å²) >= 11 is 0. The molecule has 2 aliphatic carbocycles. The molecule has 4 aromatic carbocycles. The summed E-state index contributed by atoms with van der Waals surface area (Å²) < 4.78 is 40.0. The van der Waals surface area contributed by atoms with Gasteiger partial charge in [0.25, 0.3) is 0 Å². The third-order valence-corrected chi connectivity index (χ3v) is 10.7. The smallest absolute Gasteiger partial charge is 0.163 e. The molecule has 9 nitrogen and oxygen atoms in total. The van der Waals surface area contributed by atoms with Crippen LogP contribution in [0.1, 0.15) is 36.1 Å². The lowest BCUT2D eigenvalue weighted by Crippen LogP contribution is -2.72. The van der Waals surface area contributed by atoms with Crippen LogP contribution in [-0.4, -0.2) is 76.5 Å². The molecule has 9 heteroatoms. The number of hydrogen-bond acceptors (Lipinski definition) is 9. The molecule has 0 unspecified atom stereocenters. The molecular weight excluding hydrogens is 660 g/mol. The molecule has 2 saturated carbocycles. The van der Waals surface area contributed by atoms with Gasteiger partial charge >= 0.3 is 0 Å². The van der Waals surface area contributed by atoms with E-state index in [0.29, 0.717) is 0 Å². The van der Waals surface area contributed by atoms with Crippen molar-refractivity contribution in [2.24, 2.45) is 17.8 Å². The molecule has 1 heterocycles. The number of rotatable bonds is 13. The second-order valence-electron chi connectivity index (χ2n) is 14.6. The highest BCUT2D eigenvalue weighted by Gasteiger charge is 2.65.